The fourth-order valence-corrected chi connectivity index (χ4v) is 3.15. The highest BCUT2D eigenvalue weighted by Gasteiger charge is 2.37. The molecule has 2 rings (SSSR count). The number of Topliss-reactive ketones (excluding diaryl/α,β-unsaturated/α-hetero) is 1. The molecule has 0 saturated carbocycles. The molecule has 2 aromatic carbocycles. The lowest BCUT2D eigenvalue weighted by molar-refractivity contribution is -0.129. The third-order valence-electron chi connectivity index (χ3n) is 4.77. The normalized spacial score (nSPS) is 15.2. The van der Waals surface area contributed by atoms with Crippen LogP contribution in [-0.4, -0.2) is 29.1 Å². The summed E-state index contributed by atoms with van der Waals surface area (Å²) in [5.41, 5.74) is 7.83. The topological polar surface area (TPSA) is 102 Å². The van der Waals surface area contributed by atoms with E-state index in [9.17, 15) is 14.7 Å². The fourth-order valence-electron chi connectivity index (χ4n) is 3.15. The van der Waals surface area contributed by atoms with Gasteiger partial charge in [-0.15, -0.1) is 0 Å². The van der Waals surface area contributed by atoms with Gasteiger partial charge in [-0.1, -0.05) is 74.5 Å². The molecule has 0 saturated heterocycles. The van der Waals surface area contributed by atoms with Crippen molar-refractivity contribution in [2.75, 3.05) is 0 Å². The minimum absolute atomic E-state index is 0.0938. The minimum Gasteiger partial charge on any atom is -0.445 e. The van der Waals surface area contributed by atoms with E-state index in [0.717, 1.165) is 5.56 Å². The number of aliphatic hydroxyl groups is 1. The highest BCUT2D eigenvalue weighted by molar-refractivity contribution is 5.90. The monoisotopic (exact) mass is 397 g/mol. The quantitative estimate of drug-likeness (QED) is 0.604. The van der Waals surface area contributed by atoms with Crippen LogP contribution in [0.25, 0.3) is 0 Å². The number of ketones is 1. The molecule has 0 aliphatic carbocycles. The molecule has 0 heterocycles. The third-order valence-corrected chi connectivity index (χ3v) is 4.77. The number of amides is 1. The number of carbonyl (C=O) groups excluding carboxylic acids is 2. The Kier molecular flexibility index (Phi) is 8.36. The van der Waals surface area contributed by atoms with E-state index >= 15 is 0 Å². The molecule has 4 atom stereocenters. The van der Waals surface area contributed by atoms with Gasteiger partial charge in [0.1, 0.15) is 6.61 Å². The highest BCUT2D eigenvalue weighted by atomic mass is 16.5. The van der Waals surface area contributed by atoms with Crippen molar-refractivity contribution in [1.82, 2.24) is 5.32 Å². The first-order valence-electron chi connectivity index (χ1n) is 9.64. The Morgan fingerprint density at radius 3 is 2.14 bits per heavy atom. The first-order chi connectivity index (χ1) is 13.8. The zero-order valence-electron chi connectivity index (χ0n) is 16.8. The van der Waals surface area contributed by atoms with Gasteiger partial charge in [0.25, 0.3) is 0 Å². The van der Waals surface area contributed by atoms with Gasteiger partial charge in [0.15, 0.2) is 5.78 Å². The fraction of sp³-hybridized carbons (Fsp3) is 0.348. The molecule has 6 heteroatoms. The van der Waals surface area contributed by atoms with Gasteiger partial charge in [-0.2, -0.15) is 0 Å². The summed E-state index contributed by atoms with van der Waals surface area (Å²) in [6, 6.07) is 16.7. The van der Waals surface area contributed by atoms with E-state index in [-0.39, 0.29) is 18.3 Å². The summed E-state index contributed by atoms with van der Waals surface area (Å²) in [7, 11) is 0. The number of hydrogen-bond acceptors (Lipinski definition) is 5. The van der Waals surface area contributed by atoms with E-state index in [1.807, 2.05) is 48.5 Å². The van der Waals surface area contributed by atoms with Gasteiger partial charge < -0.3 is 20.9 Å². The molecule has 29 heavy (non-hydrogen) atoms. The number of ether oxygens (including phenoxy) is 1. The molecule has 4 N–H and O–H groups in total. The highest BCUT2D eigenvalue weighted by Crippen LogP contribution is 2.26. The molecule has 0 aliphatic rings. The van der Waals surface area contributed by atoms with Crippen LogP contribution in [0.2, 0.25) is 0 Å². The van der Waals surface area contributed by atoms with Crippen LogP contribution in [0, 0.1) is 18.8 Å². The smallest absolute Gasteiger partial charge is 0.408 e. The SMILES string of the molecule is [CH2]C(O)C(C(=O)[C@@H](NC(=O)OCc1ccccc1)C(C)C)C(N)c1ccccc1. The van der Waals surface area contributed by atoms with E-state index < -0.39 is 30.2 Å². The van der Waals surface area contributed by atoms with Crippen molar-refractivity contribution in [3.05, 3.63) is 78.7 Å². The van der Waals surface area contributed by atoms with Gasteiger partial charge in [0, 0.05) is 6.04 Å². The molecule has 0 bridgehead atoms. The standard InChI is InChI=1S/C23H29N2O4/c1-15(2)21(25-23(28)29-14-17-10-6-4-7-11-17)22(27)19(16(3)26)20(24)18-12-8-5-9-13-18/h4-13,15-16,19-21,26H,3,14,24H2,1-2H3,(H,25,28)/t16?,19?,20?,21-/m0/s1. The summed E-state index contributed by atoms with van der Waals surface area (Å²) in [6.07, 6.45) is -1.92. The minimum atomic E-state index is -1.22. The molecule has 2 aromatic rings. The summed E-state index contributed by atoms with van der Waals surface area (Å²) in [5, 5.41) is 12.8. The average molecular weight is 397 g/mol. The van der Waals surface area contributed by atoms with Crippen LogP contribution in [0.1, 0.15) is 31.0 Å². The number of nitrogens with one attached hydrogen (secondary N) is 1. The van der Waals surface area contributed by atoms with Crippen molar-refractivity contribution in [1.29, 1.82) is 0 Å². The molecule has 0 aliphatic heterocycles. The van der Waals surface area contributed by atoms with Gasteiger partial charge >= 0.3 is 6.09 Å². The zero-order chi connectivity index (χ0) is 21.4. The lowest BCUT2D eigenvalue weighted by Gasteiger charge is -2.31. The van der Waals surface area contributed by atoms with Crippen LogP contribution >= 0.6 is 0 Å². The lowest BCUT2D eigenvalue weighted by atomic mass is 9.81. The Morgan fingerprint density at radius 1 is 1.07 bits per heavy atom. The molecule has 6 nitrogen and oxygen atoms in total. The predicted molar refractivity (Wildman–Crippen MR) is 112 cm³/mol. The van der Waals surface area contributed by atoms with Crippen LogP contribution < -0.4 is 11.1 Å². The lowest BCUT2D eigenvalue weighted by Crippen LogP contribution is -2.51. The number of nitrogens with two attached hydrogens (primary N) is 1. The number of benzene rings is 2. The molecule has 155 valence electrons. The van der Waals surface area contributed by atoms with E-state index in [4.69, 9.17) is 10.5 Å². The molecule has 0 aromatic heterocycles. The Balaban J connectivity index is 2.10. The first kappa shape index (κ1) is 22.6. The molecule has 3 unspecified atom stereocenters. The number of carbonyl (C=O) groups is 2. The van der Waals surface area contributed by atoms with Gasteiger partial charge in [0.05, 0.1) is 18.1 Å². The van der Waals surface area contributed by atoms with E-state index in [2.05, 4.69) is 12.2 Å². The van der Waals surface area contributed by atoms with Crippen molar-refractivity contribution in [3.8, 4) is 0 Å². The number of hydrogen-bond donors (Lipinski definition) is 3. The summed E-state index contributed by atoms with van der Waals surface area (Å²) in [6.45, 7) is 7.32. The van der Waals surface area contributed by atoms with Crippen molar-refractivity contribution >= 4 is 11.9 Å². The Morgan fingerprint density at radius 2 is 1.62 bits per heavy atom. The second kappa shape index (κ2) is 10.7. The van der Waals surface area contributed by atoms with Gasteiger partial charge in [0.2, 0.25) is 0 Å². The summed E-state index contributed by atoms with van der Waals surface area (Å²) in [4.78, 5) is 25.5. The van der Waals surface area contributed by atoms with Crippen LogP contribution in [0.4, 0.5) is 4.79 Å². The van der Waals surface area contributed by atoms with E-state index in [1.54, 1.807) is 26.0 Å². The number of alkyl carbamates (subject to hydrolysis) is 1. The largest absolute Gasteiger partial charge is 0.445 e. The van der Waals surface area contributed by atoms with Crippen molar-refractivity contribution in [2.45, 2.75) is 38.6 Å². The van der Waals surface area contributed by atoms with Crippen molar-refractivity contribution in [2.24, 2.45) is 17.6 Å². The second-order valence-corrected chi connectivity index (χ2v) is 7.36. The molecular weight excluding hydrogens is 368 g/mol. The summed E-state index contributed by atoms with van der Waals surface area (Å²) in [5.74, 6) is -1.58. The van der Waals surface area contributed by atoms with Crippen LogP contribution in [-0.2, 0) is 16.1 Å². The Bertz CT molecular complexity index is 778. The molecule has 1 radical (unpaired) electrons. The summed E-state index contributed by atoms with van der Waals surface area (Å²) >= 11 is 0. The van der Waals surface area contributed by atoms with Crippen LogP contribution in [0.15, 0.2) is 60.7 Å². The molecular formula is C23H29N2O4. The first-order valence-corrected chi connectivity index (χ1v) is 9.64. The maximum Gasteiger partial charge on any atom is 0.408 e. The van der Waals surface area contributed by atoms with Crippen LogP contribution in [0.3, 0.4) is 0 Å². The van der Waals surface area contributed by atoms with Crippen molar-refractivity contribution in [3.63, 3.8) is 0 Å². The summed E-state index contributed by atoms with van der Waals surface area (Å²) < 4.78 is 5.23. The van der Waals surface area contributed by atoms with E-state index in [0.29, 0.717) is 5.56 Å². The zero-order valence-corrected chi connectivity index (χ0v) is 16.8. The van der Waals surface area contributed by atoms with Gasteiger partial charge in [-0.25, -0.2) is 4.79 Å². The number of rotatable bonds is 9. The maximum atomic E-state index is 13.2. The molecule has 0 spiro atoms. The Labute approximate surface area is 172 Å². The number of aliphatic hydroxyl groups excluding tert-OH is 1. The maximum absolute atomic E-state index is 13.2. The molecule has 1 amide bonds. The van der Waals surface area contributed by atoms with Crippen molar-refractivity contribution < 1.29 is 19.4 Å². The van der Waals surface area contributed by atoms with Gasteiger partial charge in [-0.05, 0) is 24.0 Å². The molecule has 0 fully saturated rings. The third kappa shape index (κ3) is 6.41. The van der Waals surface area contributed by atoms with E-state index in [1.165, 1.54) is 0 Å². The average Bonchev–Trinajstić information content (AvgIpc) is 2.71. The predicted octanol–water partition coefficient (Wildman–Crippen LogP) is 3.02. The Hall–Kier alpha value is -2.70. The van der Waals surface area contributed by atoms with Gasteiger partial charge in [-0.3, -0.25) is 4.79 Å². The second-order valence-electron chi connectivity index (χ2n) is 7.36. The van der Waals surface area contributed by atoms with Crippen LogP contribution in [0.5, 0.6) is 0 Å².